The van der Waals surface area contributed by atoms with Crippen molar-refractivity contribution in [1.82, 2.24) is 0 Å². The van der Waals surface area contributed by atoms with Crippen molar-refractivity contribution in [3.63, 3.8) is 0 Å². The van der Waals surface area contributed by atoms with Gasteiger partial charge in [0, 0.05) is 0 Å². The Morgan fingerprint density at radius 1 is 1.07 bits per heavy atom. The number of allylic oxidation sites excluding steroid dienone is 2. The minimum Gasteiger partial charge on any atom is -0.255 e. The highest BCUT2D eigenvalue weighted by molar-refractivity contribution is 6.84. The van der Waals surface area contributed by atoms with Gasteiger partial charge >= 0.3 is 0 Å². The summed E-state index contributed by atoms with van der Waals surface area (Å²) < 4.78 is 2.11. The average Bonchev–Trinajstić information content (AvgIpc) is 2.52. The van der Waals surface area contributed by atoms with Crippen molar-refractivity contribution in [2.24, 2.45) is 11.8 Å². The van der Waals surface area contributed by atoms with Crippen LogP contribution in [0, 0.1) is 24.8 Å². The first-order valence-corrected chi connectivity index (χ1v) is 13.8. The Labute approximate surface area is 168 Å². The molecular formula is C25H39NSi. The predicted octanol–water partition coefficient (Wildman–Crippen LogP) is 6.88. The van der Waals surface area contributed by atoms with Gasteiger partial charge in [-0.25, -0.2) is 0 Å². The van der Waals surface area contributed by atoms with Crippen LogP contribution in [0.4, 0.5) is 0 Å². The summed E-state index contributed by atoms with van der Waals surface area (Å²) in [6.45, 7) is 27.8. The van der Waals surface area contributed by atoms with E-state index in [0.717, 1.165) is 0 Å². The van der Waals surface area contributed by atoms with Crippen molar-refractivity contribution in [1.29, 1.82) is 0 Å². The highest BCUT2D eigenvalue weighted by Gasteiger charge is 2.32. The predicted molar refractivity (Wildman–Crippen MR) is 123 cm³/mol. The highest BCUT2D eigenvalue weighted by atomic mass is 28.3. The third-order valence-corrected chi connectivity index (χ3v) is 7.91. The SMILES string of the molecule is C=[N+]1C=C([Si](C)(C)C)C(C(C)C(C)C)=C[C-]1c1cc(C(C)(C)C)ccc1C. The smallest absolute Gasteiger partial charge is 0.147 e. The Morgan fingerprint density at radius 2 is 1.67 bits per heavy atom. The van der Waals surface area contributed by atoms with E-state index in [4.69, 9.17) is 0 Å². The fourth-order valence-electron chi connectivity index (χ4n) is 3.57. The molecule has 1 aromatic carbocycles. The van der Waals surface area contributed by atoms with Gasteiger partial charge in [0.25, 0.3) is 0 Å². The van der Waals surface area contributed by atoms with Gasteiger partial charge in [-0.05, 0) is 34.1 Å². The monoisotopic (exact) mass is 381 g/mol. The normalized spacial score (nSPS) is 17.1. The van der Waals surface area contributed by atoms with Crippen LogP contribution < -0.4 is 0 Å². The standard InChI is InChI=1S/C25H39NSi/c1-17(2)19(4)22-15-23(26(8)16-24(22)27(9,10)11)21-14-20(25(5,6)7)13-12-18(21)3/h12-17,19H,8H2,1-7,9-11H3. The topological polar surface area (TPSA) is 3.01 Å². The van der Waals surface area contributed by atoms with Crippen molar-refractivity contribution >= 4 is 14.8 Å². The van der Waals surface area contributed by atoms with E-state index in [-0.39, 0.29) is 5.41 Å². The van der Waals surface area contributed by atoms with Crippen molar-refractivity contribution in [3.8, 4) is 0 Å². The van der Waals surface area contributed by atoms with E-state index in [9.17, 15) is 0 Å². The van der Waals surface area contributed by atoms with Gasteiger partial charge < -0.3 is 0 Å². The van der Waals surface area contributed by atoms with Gasteiger partial charge in [0.1, 0.15) is 12.2 Å². The number of hydrogen-bond acceptors (Lipinski definition) is 0. The van der Waals surface area contributed by atoms with Crippen LogP contribution in [-0.4, -0.2) is 19.4 Å². The Kier molecular flexibility index (Phi) is 6.01. The van der Waals surface area contributed by atoms with Gasteiger partial charge in [0.2, 0.25) is 0 Å². The van der Waals surface area contributed by atoms with E-state index in [2.05, 4.69) is 110 Å². The molecule has 2 heteroatoms. The summed E-state index contributed by atoms with van der Waals surface area (Å²) in [5.74, 6) is 1.16. The minimum absolute atomic E-state index is 0.140. The Balaban J connectivity index is 2.62. The largest absolute Gasteiger partial charge is 0.255 e. The van der Waals surface area contributed by atoms with Crippen molar-refractivity contribution in [2.45, 2.75) is 73.5 Å². The van der Waals surface area contributed by atoms with Crippen molar-refractivity contribution < 1.29 is 4.58 Å². The maximum absolute atomic E-state index is 4.39. The molecule has 0 aromatic heterocycles. The van der Waals surface area contributed by atoms with Crippen molar-refractivity contribution in [2.75, 3.05) is 0 Å². The van der Waals surface area contributed by atoms with Crippen LogP contribution in [0.5, 0.6) is 0 Å². The van der Waals surface area contributed by atoms with Crippen LogP contribution in [0.25, 0.3) is 0 Å². The Bertz CT molecular complexity index is 782. The van der Waals surface area contributed by atoms with Crippen LogP contribution >= 0.6 is 0 Å². The lowest BCUT2D eigenvalue weighted by atomic mass is 9.82. The molecule has 2 rings (SSSR count). The average molecular weight is 382 g/mol. The van der Waals surface area contributed by atoms with Crippen LogP contribution in [0.3, 0.4) is 0 Å². The third-order valence-electron chi connectivity index (χ3n) is 5.88. The molecule has 0 saturated carbocycles. The first-order valence-electron chi connectivity index (χ1n) is 10.3. The summed E-state index contributed by atoms with van der Waals surface area (Å²) in [5, 5.41) is 1.53. The second kappa shape index (κ2) is 7.47. The molecule has 0 radical (unpaired) electrons. The second-order valence-corrected chi connectivity index (χ2v) is 15.6. The third kappa shape index (κ3) is 4.66. The number of hydrogen-bond donors (Lipinski definition) is 0. The molecule has 1 heterocycles. The first-order chi connectivity index (χ1) is 12.2. The summed E-state index contributed by atoms with van der Waals surface area (Å²) in [7, 11) is -1.46. The fourth-order valence-corrected chi connectivity index (χ4v) is 5.28. The molecule has 0 fully saturated rings. The van der Waals surface area contributed by atoms with E-state index < -0.39 is 8.07 Å². The molecule has 0 bridgehead atoms. The van der Waals surface area contributed by atoms with Gasteiger partial charge in [-0.2, -0.15) is 0 Å². The number of nitrogens with zero attached hydrogens (tertiary/aromatic N) is 1. The molecule has 0 aliphatic carbocycles. The van der Waals surface area contributed by atoms with Gasteiger partial charge in [0.15, 0.2) is 0 Å². The van der Waals surface area contributed by atoms with Crippen LogP contribution in [0.2, 0.25) is 19.6 Å². The van der Waals surface area contributed by atoms with Gasteiger partial charge in [-0.15, -0.1) is 0 Å². The molecule has 0 saturated heterocycles. The molecule has 0 N–H and O–H groups in total. The lowest BCUT2D eigenvalue weighted by molar-refractivity contribution is -0.418. The summed E-state index contributed by atoms with van der Waals surface area (Å²) >= 11 is 0. The zero-order valence-electron chi connectivity index (χ0n) is 19.2. The van der Waals surface area contributed by atoms with Crippen LogP contribution in [-0.2, 0) is 5.41 Å². The summed E-state index contributed by atoms with van der Waals surface area (Å²) in [6.07, 6.45) is 4.75. The lowest BCUT2D eigenvalue weighted by Gasteiger charge is -2.35. The molecule has 0 spiro atoms. The maximum Gasteiger partial charge on any atom is 0.147 e. The van der Waals surface area contributed by atoms with Crippen LogP contribution in [0.1, 0.15) is 58.2 Å². The lowest BCUT2D eigenvalue weighted by Crippen LogP contribution is -2.33. The fraction of sp³-hybridized carbons (Fsp3) is 0.520. The molecule has 1 nitrogen and oxygen atoms in total. The molecular weight excluding hydrogens is 342 g/mol. The summed E-state index contributed by atoms with van der Waals surface area (Å²) in [4.78, 5) is 0. The second-order valence-electron chi connectivity index (χ2n) is 10.6. The summed E-state index contributed by atoms with van der Waals surface area (Å²) in [6, 6.07) is 8.11. The molecule has 148 valence electrons. The van der Waals surface area contributed by atoms with E-state index in [0.29, 0.717) is 11.8 Å². The van der Waals surface area contributed by atoms with E-state index in [1.54, 1.807) is 0 Å². The molecule has 1 aromatic rings. The zero-order chi connectivity index (χ0) is 20.7. The molecule has 1 aliphatic heterocycles. The van der Waals surface area contributed by atoms with Crippen LogP contribution in [0.15, 0.2) is 41.2 Å². The molecule has 1 atom stereocenters. The van der Waals surface area contributed by atoms with Gasteiger partial charge in [-0.3, -0.25) is 4.58 Å². The number of rotatable bonds is 4. The number of aryl methyl sites for hydroxylation is 1. The number of benzene rings is 1. The maximum atomic E-state index is 4.39. The van der Waals surface area contributed by atoms with Gasteiger partial charge in [0.05, 0.1) is 14.8 Å². The molecule has 1 unspecified atom stereocenters. The summed E-state index contributed by atoms with van der Waals surface area (Å²) in [5.41, 5.74) is 5.64. The molecule has 0 amide bonds. The minimum atomic E-state index is -1.46. The Morgan fingerprint density at radius 3 is 2.15 bits per heavy atom. The molecule has 1 aliphatic rings. The van der Waals surface area contributed by atoms with E-state index >= 15 is 0 Å². The van der Waals surface area contributed by atoms with E-state index in [1.165, 1.54) is 33.5 Å². The van der Waals surface area contributed by atoms with Crippen molar-refractivity contribution in [3.05, 3.63) is 64.0 Å². The quantitative estimate of drug-likeness (QED) is 0.304. The van der Waals surface area contributed by atoms with Gasteiger partial charge in [-0.1, -0.05) is 103 Å². The van der Waals surface area contributed by atoms with E-state index in [1.807, 2.05) is 0 Å². The Hall–Kier alpha value is -1.54. The highest BCUT2D eigenvalue weighted by Crippen LogP contribution is 2.39. The first kappa shape index (κ1) is 21.8. The zero-order valence-corrected chi connectivity index (χ0v) is 20.2. The molecule has 27 heavy (non-hydrogen) atoms.